The third-order valence-corrected chi connectivity index (χ3v) is 13.3. The molecule has 450 valence electrons. The molecule has 0 aliphatic rings. The third-order valence-electron chi connectivity index (χ3n) is 13.3. The first-order chi connectivity index (χ1) is 42.1. The molecule has 0 bridgehead atoms. The lowest BCUT2D eigenvalue weighted by molar-refractivity contribution is -0.121. The lowest BCUT2D eigenvalue weighted by Gasteiger charge is -2.25. The fourth-order valence-electron chi connectivity index (χ4n) is 9.02. The van der Waals surface area contributed by atoms with Gasteiger partial charge >= 0.3 is 0 Å². The van der Waals surface area contributed by atoms with Crippen LogP contribution >= 0.6 is 0 Å². The zero-order valence-corrected chi connectivity index (χ0v) is 48.0. The van der Waals surface area contributed by atoms with Crippen LogP contribution in [-0.4, -0.2) is 142 Å². The van der Waals surface area contributed by atoms with E-state index in [-0.39, 0.29) is 118 Å². The van der Waals surface area contributed by atoms with E-state index >= 15 is 0 Å². The SMILES string of the molecule is Cn1cc(NC(=O)c2cc(NC(=O)c3cc(NC=O)cn3C)cn2C)cc1C(=O)NCCC(=O)NCCOCCOCCNC(=O)c1cc(C(=O)N(Cc2ccccn2)Cc2ccccn2)c(O)c(C(=O)N(Cc2ccccn2)Cc2ccccn2)c1. The second kappa shape index (κ2) is 30.6. The number of aromatic nitrogens is 7. The summed E-state index contributed by atoms with van der Waals surface area (Å²) in [6.07, 6.45) is 11.6. The molecule has 7 N–H and O–H groups in total. The highest BCUT2D eigenvalue weighted by molar-refractivity contribution is 6.09. The topological polar surface area (TPSA) is 320 Å². The molecule has 0 aliphatic carbocycles. The van der Waals surface area contributed by atoms with E-state index in [1.54, 1.807) is 142 Å². The van der Waals surface area contributed by atoms with Gasteiger partial charge in [0.15, 0.2) is 0 Å². The molecule has 8 aromatic rings. The average Bonchev–Trinajstić information content (AvgIpc) is 2.31. The summed E-state index contributed by atoms with van der Waals surface area (Å²) in [4.78, 5) is 126. The van der Waals surface area contributed by atoms with Crippen molar-refractivity contribution in [3.8, 4) is 5.75 Å². The number of carbonyl (C=O) groups is 8. The summed E-state index contributed by atoms with van der Waals surface area (Å²) in [7, 11) is 4.93. The Bertz CT molecular complexity index is 3490. The number of benzene rings is 1. The summed E-state index contributed by atoms with van der Waals surface area (Å²) in [5.74, 6) is -4.39. The molecule has 0 saturated carbocycles. The van der Waals surface area contributed by atoms with E-state index in [4.69, 9.17) is 9.47 Å². The second-order valence-electron chi connectivity index (χ2n) is 19.7. The maximum absolute atomic E-state index is 14.7. The van der Waals surface area contributed by atoms with Gasteiger partial charge in [0.1, 0.15) is 22.8 Å². The zero-order valence-electron chi connectivity index (χ0n) is 48.0. The summed E-state index contributed by atoms with van der Waals surface area (Å²) in [5.41, 5.74) is 3.41. The standard InChI is InChI=1S/C61H65N15O11/c1-72-33-46(69-40-77)30-52(72)58(82)71-48-32-53(74(3)35-48)59(83)70-47-31-51(73(2)34-47)57(81)67-21-16-54(78)66-22-24-86-26-27-87-25-23-68-56(80)41-28-49(60(84)75(36-42-12-4-8-17-62-42)37-43-13-5-9-18-63-43)55(79)50(29-41)61(85)76(38-44-14-6-10-19-64-44)39-45-15-7-11-20-65-45/h4-15,17-20,28-35,40,79H,16,21-27,36-39H2,1-3H3,(H,66,78)(H,67,81)(H,68,80)(H,69,77)(H,70,83)(H,71,82). The van der Waals surface area contributed by atoms with Gasteiger partial charge in [-0.25, -0.2) is 0 Å². The van der Waals surface area contributed by atoms with Crippen LogP contribution in [0.5, 0.6) is 5.75 Å². The van der Waals surface area contributed by atoms with Crippen molar-refractivity contribution >= 4 is 64.8 Å². The third kappa shape index (κ3) is 17.6. The van der Waals surface area contributed by atoms with Gasteiger partial charge in [-0.2, -0.15) is 0 Å². The minimum absolute atomic E-state index is 0.0106. The largest absolute Gasteiger partial charge is 0.506 e. The van der Waals surface area contributed by atoms with Gasteiger partial charge in [0.05, 0.1) is 104 Å². The fraction of sp³-hybridized carbons (Fsp3) is 0.246. The Hall–Kier alpha value is -10.9. The van der Waals surface area contributed by atoms with Crippen molar-refractivity contribution in [1.82, 2.24) is 59.4 Å². The summed E-state index contributed by atoms with van der Waals surface area (Å²) in [6, 6.07) is 28.1. The van der Waals surface area contributed by atoms with E-state index in [1.165, 1.54) is 49.3 Å². The Morgan fingerprint density at radius 3 is 1.30 bits per heavy atom. The molecule has 26 heteroatoms. The number of anilines is 3. The summed E-state index contributed by atoms with van der Waals surface area (Å²) in [5, 5.41) is 28.2. The maximum Gasteiger partial charge on any atom is 0.272 e. The fourth-order valence-corrected chi connectivity index (χ4v) is 9.02. The first kappa shape index (κ1) is 62.2. The van der Waals surface area contributed by atoms with Gasteiger partial charge in [-0.1, -0.05) is 24.3 Å². The van der Waals surface area contributed by atoms with Crippen LogP contribution in [0, 0.1) is 0 Å². The van der Waals surface area contributed by atoms with Gasteiger partial charge in [0, 0.05) is 96.1 Å². The smallest absolute Gasteiger partial charge is 0.272 e. The molecule has 87 heavy (non-hydrogen) atoms. The number of nitrogens with one attached hydrogen (secondary N) is 6. The number of carbonyl (C=O) groups excluding carboxylic acids is 8. The predicted molar refractivity (Wildman–Crippen MR) is 318 cm³/mol. The molecule has 0 spiro atoms. The van der Waals surface area contributed by atoms with Gasteiger partial charge in [-0.05, 0) is 78.9 Å². The van der Waals surface area contributed by atoms with Crippen LogP contribution in [0.3, 0.4) is 0 Å². The van der Waals surface area contributed by atoms with Crippen LogP contribution in [-0.2, 0) is 66.4 Å². The Labute approximate surface area is 499 Å². The molecular formula is C61H65N15O11. The number of aryl methyl sites for hydroxylation is 3. The number of phenolic OH excluding ortho intramolecular Hbond substituents is 1. The van der Waals surface area contributed by atoms with Gasteiger partial charge in [-0.3, -0.25) is 58.3 Å². The normalized spacial score (nSPS) is 10.8. The number of phenols is 1. The molecule has 0 unspecified atom stereocenters. The zero-order chi connectivity index (χ0) is 61.7. The van der Waals surface area contributed by atoms with Crippen LogP contribution in [0.2, 0.25) is 0 Å². The average molecular weight is 1180 g/mol. The van der Waals surface area contributed by atoms with E-state index in [2.05, 4.69) is 51.8 Å². The van der Waals surface area contributed by atoms with E-state index in [0.717, 1.165) is 0 Å². The van der Waals surface area contributed by atoms with Crippen molar-refractivity contribution in [3.63, 3.8) is 0 Å². The first-order valence-corrected chi connectivity index (χ1v) is 27.5. The highest BCUT2D eigenvalue weighted by Gasteiger charge is 2.30. The van der Waals surface area contributed by atoms with Crippen molar-refractivity contribution < 1.29 is 52.9 Å². The molecule has 0 saturated heterocycles. The Morgan fingerprint density at radius 2 is 0.885 bits per heavy atom. The summed E-state index contributed by atoms with van der Waals surface area (Å²) in [6.45, 7) is 0.816. The van der Waals surface area contributed by atoms with E-state index in [1.807, 2.05) is 0 Å². The Morgan fingerprint density at radius 1 is 0.494 bits per heavy atom. The minimum Gasteiger partial charge on any atom is -0.506 e. The quantitative estimate of drug-likeness (QED) is 0.0242. The number of ether oxygens (including phenoxy) is 2. The molecule has 7 aromatic heterocycles. The molecule has 0 aliphatic heterocycles. The van der Waals surface area contributed by atoms with Crippen LogP contribution in [0.25, 0.3) is 0 Å². The number of rotatable bonds is 30. The number of pyridine rings is 4. The number of amides is 8. The number of aromatic hydroxyl groups is 1. The highest BCUT2D eigenvalue weighted by Crippen LogP contribution is 2.30. The Balaban J connectivity index is 0.785. The van der Waals surface area contributed by atoms with Crippen LogP contribution in [0.1, 0.15) is 91.7 Å². The molecular weight excluding hydrogens is 1120 g/mol. The molecule has 0 atom stereocenters. The number of hydrogen-bond donors (Lipinski definition) is 7. The van der Waals surface area contributed by atoms with Crippen molar-refractivity contribution in [1.29, 1.82) is 0 Å². The molecule has 0 radical (unpaired) electrons. The molecule has 7 heterocycles. The number of hydrogen-bond acceptors (Lipinski definition) is 15. The number of nitrogens with zero attached hydrogens (tertiary/aromatic N) is 9. The highest BCUT2D eigenvalue weighted by atomic mass is 16.5. The summed E-state index contributed by atoms with van der Waals surface area (Å²) < 4.78 is 15.9. The first-order valence-electron chi connectivity index (χ1n) is 27.5. The molecule has 26 nitrogen and oxygen atoms in total. The van der Waals surface area contributed by atoms with Crippen LogP contribution < -0.4 is 31.9 Å². The van der Waals surface area contributed by atoms with Gasteiger partial charge in [0.25, 0.3) is 35.4 Å². The van der Waals surface area contributed by atoms with Crippen molar-refractivity contribution in [2.45, 2.75) is 32.6 Å². The summed E-state index contributed by atoms with van der Waals surface area (Å²) >= 11 is 0. The van der Waals surface area contributed by atoms with E-state index < -0.39 is 41.2 Å². The monoisotopic (exact) mass is 1180 g/mol. The second-order valence-corrected chi connectivity index (χ2v) is 19.7. The minimum atomic E-state index is -0.687. The van der Waals surface area contributed by atoms with Crippen LogP contribution in [0.4, 0.5) is 17.1 Å². The van der Waals surface area contributed by atoms with Crippen LogP contribution in [0.15, 0.2) is 147 Å². The maximum atomic E-state index is 14.7. The van der Waals surface area contributed by atoms with Gasteiger partial charge < -0.3 is 70.0 Å². The van der Waals surface area contributed by atoms with Crippen molar-refractivity contribution in [3.05, 3.63) is 203 Å². The van der Waals surface area contributed by atoms with Gasteiger partial charge in [-0.15, -0.1) is 0 Å². The molecule has 8 rings (SSSR count). The van der Waals surface area contributed by atoms with Crippen molar-refractivity contribution in [2.75, 3.05) is 62.0 Å². The lowest BCUT2D eigenvalue weighted by atomic mass is 10.0. The van der Waals surface area contributed by atoms with Gasteiger partial charge in [0.2, 0.25) is 12.3 Å². The van der Waals surface area contributed by atoms with E-state index in [0.29, 0.717) is 46.2 Å². The molecule has 8 amide bonds. The van der Waals surface area contributed by atoms with Crippen molar-refractivity contribution in [2.24, 2.45) is 21.1 Å². The predicted octanol–water partition coefficient (Wildman–Crippen LogP) is 4.45. The molecule has 1 aromatic carbocycles. The van der Waals surface area contributed by atoms with E-state index in [9.17, 15) is 43.5 Å². The molecule has 0 fully saturated rings. The lowest BCUT2D eigenvalue weighted by Crippen LogP contribution is -2.34. The Kier molecular flexibility index (Phi) is 21.9.